The van der Waals surface area contributed by atoms with Crippen LogP contribution in [0.5, 0.6) is 0 Å². The van der Waals surface area contributed by atoms with Crippen molar-refractivity contribution in [2.75, 3.05) is 17.3 Å². The third-order valence-corrected chi connectivity index (χ3v) is 2.19. The van der Waals surface area contributed by atoms with Crippen LogP contribution in [-0.2, 0) is 0 Å². The maximum Gasteiger partial charge on any atom is 0.181 e. The summed E-state index contributed by atoms with van der Waals surface area (Å²) >= 11 is 11.1. The fraction of sp³-hybridized carbons (Fsp3) is 0.125. The van der Waals surface area contributed by atoms with E-state index in [4.69, 9.17) is 34.7 Å². The first-order valence-corrected chi connectivity index (χ1v) is 4.41. The lowest BCUT2D eigenvalue weighted by Crippen LogP contribution is -2.08. The van der Waals surface area contributed by atoms with Gasteiger partial charge in [0.2, 0.25) is 0 Å². The van der Waals surface area contributed by atoms with Gasteiger partial charge in [-0.1, -0.05) is 11.6 Å². The summed E-state index contributed by atoms with van der Waals surface area (Å²) < 4.78 is 0. The number of Topliss-reactive ketones (excluding diaryl/α,β-unsaturated/α-hetero) is 1. The highest BCUT2D eigenvalue weighted by Gasteiger charge is 2.14. The molecule has 0 aliphatic rings. The fourth-order valence-electron chi connectivity index (χ4n) is 0.959. The molecule has 70 valence electrons. The molecular weight excluding hydrogens is 211 g/mol. The summed E-state index contributed by atoms with van der Waals surface area (Å²) in [5.74, 6) is -0.482. The highest BCUT2D eigenvalue weighted by Crippen LogP contribution is 2.27. The van der Waals surface area contributed by atoms with Gasteiger partial charge in [-0.15, -0.1) is 11.6 Å². The Balaban J connectivity index is 3.33. The Labute approximate surface area is 85.6 Å². The van der Waals surface area contributed by atoms with Gasteiger partial charge in [0.1, 0.15) is 0 Å². The SMILES string of the molecule is Nc1ccc(Cl)c(C(=O)CCl)c1N. The second-order valence-electron chi connectivity index (χ2n) is 2.48. The van der Waals surface area contributed by atoms with E-state index in [9.17, 15) is 4.79 Å². The molecule has 4 N–H and O–H groups in total. The highest BCUT2D eigenvalue weighted by atomic mass is 35.5. The molecule has 0 saturated heterocycles. The lowest BCUT2D eigenvalue weighted by atomic mass is 10.1. The molecule has 1 aromatic carbocycles. The molecule has 3 nitrogen and oxygen atoms in total. The standard InChI is InChI=1S/C8H8Cl2N2O/c9-3-6(13)7-4(10)1-2-5(11)8(7)12/h1-2H,3,11-12H2. The molecule has 0 radical (unpaired) electrons. The molecule has 0 aromatic heterocycles. The number of hydrogen-bond donors (Lipinski definition) is 2. The summed E-state index contributed by atoms with van der Waals surface area (Å²) in [6, 6.07) is 3.07. The number of carbonyl (C=O) groups excluding carboxylic acids is 1. The number of alkyl halides is 1. The van der Waals surface area contributed by atoms with Crippen LogP contribution in [0.2, 0.25) is 5.02 Å². The Kier molecular flexibility index (Phi) is 3.01. The van der Waals surface area contributed by atoms with Crippen molar-refractivity contribution in [1.29, 1.82) is 0 Å². The molecule has 0 fully saturated rings. The van der Waals surface area contributed by atoms with Gasteiger partial charge in [0.15, 0.2) is 5.78 Å². The molecule has 1 aromatic rings. The third-order valence-electron chi connectivity index (χ3n) is 1.63. The Morgan fingerprint density at radius 3 is 2.54 bits per heavy atom. The number of carbonyl (C=O) groups is 1. The predicted molar refractivity (Wildman–Crippen MR) is 55.3 cm³/mol. The molecule has 0 heterocycles. The van der Waals surface area contributed by atoms with Gasteiger partial charge in [0, 0.05) is 0 Å². The normalized spacial score (nSPS) is 10.0. The molecule has 0 atom stereocenters. The Morgan fingerprint density at radius 1 is 1.38 bits per heavy atom. The number of nitrogens with two attached hydrogens (primary N) is 2. The van der Waals surface area contributed by atoms with Crippen LogP contribution in [0.1, 0.15) is 10.4 Å². The van der Waals surface area contributed by atoms with Crippen LogP contribution < -0.4 is 11.5 Å². The summed E-state index contributed by atoms with van der Waals surface area (Å²) in [6.07, 6.45) is 0. The van der Waals surface area contributed by atoms with Gasteiger partial charge in [-0.05, 0) is 12.1 Å². The number of nitrogen functional groups attached to an aromatic ring is 2. The molecule has 0 aliphatic carbocycles. The largest absolute Gasteiger partial charge is 0.397 e. The summed E-state index contributed by atoms with van der Waals surface area (Å²) in [4.78, 5) is 11.3. The van der Waals surface area contributed by atoms with E-state index in [2.05, 4.69) is 0 Å². The van der Waals surface area contributed by atoms with Gasteiger partial charge in [-0.3, -0.25) is 4.79 Å². The van der Waals surface area contributed by atoms with Crippen molar-refractivity contribution in [3.63, 3.8) is 0 Å². The number of benzene rings is 1. The molecule has 0 amide bonds. The van der Waals surface area contributed by atoms with Crippen molar-refractivity contribution >= 4 is 40.4 Å². The fourth-order valence-corrected chi connectivity index (χ4v) is 1.36. The van der Waals surface area contributed by atoms with Crippen LogP contribution in [0.25, 0.3) is 0 Å². The van der Waals surface area contributed by atoms with Gasteiger partial charge in [-0.2, -0.15) is 0 Å². The first kappa shape index (κ1) is 10.2. The minimum Gasteiger partial charge on any atom is -0.397 e. The minimum absolute atomic E-state index is 0.159. The van der Waals surface area contributed by atoms with Gasteiger partial charge < -0.3 is 11.5 Å². The van der Waals surface area contributed by atoms with Gasteiger partial charge >= 0.3 is 0 Å². The molecule has 1 rings (SSSR count). The number of halogens is 2. The smallest absolute Gasteiger partial charge is 0.181 e. The number of rotatable bonds is 2. The van der Waals surface area contributed by atoms with E-state index in [1.807, 2.05) is 0 Å². The lowest BCUT2D eigenvalue weighted by molar-refractivity contribution is 0.102. The van der Waals surface area contributed by atoms with Crippen LogP contribution in [0, 0.1) is 0 Å². The predicted octanol–water partition coefficient (Wildman–Crippen LogP) is 1.93. The van der Waals surface area contributed by atoms with Crippen LogP contribution in [0.4, 0.5) is 11.4 Å². The van der Waals surface area contributed by atoms with E-state index >= 15 is 0 Å². The van der Waals surface area contributed by atoms with E-state index in [0.717, 1.165) is 0 Å². The van der Waals surface area contributed by atoms with Crippen molar-refractivity contribution in [3.8, 4) is 0 Å². The molecule has 0 saturated carbocycles. The first-order chi connectivity index (χ1) is 6.07. The summed E-state index contributed by atoms with van der Waals surface area (Å²) in [7, 11) is 0. The first-order valence-electron chi connectivity index (χ1n) is 3.50. The van der Waals surface area contributed by atoms with E-state index in [1.54, 1.807) is 6.07 Å². The van der Waals surface area contributed by atoms with Crippen LogP contribution in [0.15, 0.2) is 12.1 Å². The number of hydrogen-bond acceptors (Lipinski definition) is 3. The Hall–Kier alpha value is -0.930. The zero-order valence-corrected chi connectivity index (χ0v) is 8.19. The lowest BCUT2D eigenvalue weighted by Gasteiger charge is -2.07. The highest BCUT2D eigenvalue weighted by molar-refractivity contribution is 6.38. The molecular formula is C8H8Cl2N2O. The molecule has 13 heavy (non-hydrogen) atoms. The van der Waals surface area contributed by atoms with Gasteiger partial charge in [0.25, 0.3) is 0 Å². The zero-order valence-electron chi connectivity index (χ0n) is 6.68. The van der Waals surface area contributed by atoms with Crippen molar-refractivity contribution in [1.82, 2.24) is 0 Å². The molecule has 0 unspecified atom stereocenters. The second-order valence-corrected chi connectivity index (χ2v) is 3.16. The van der Waals surface area contributed by atoms with Crippen LogP contribution in [-0.4, -0.2) is 11.7 Å². The topological polar surface area (TPSA) is 69.1 Å². The number of ketones is 1. The van der Waals surface area contributed by atoms with Gasteiger partial charge in [-0.25, -0.2) is 0 Å². The van der Waals surface area contributed by atoms with Crippen molar-refractivity contribution in [2.45, 2.75) is 0 Å². The monoisotopic (exact) mass is 218 g/mol. The van der Waals surface area contributed by atoms with Crippen molar-refractivity contribution in [3.05, 3.63) is 22.7 Å². The van der Waals surface area contributed by atoms with Crippen molar-refractivity contribution in [2.24, 2.45) is 0 Å². The van der Waals surface area contributed by atoms with Crippen molar-refractivity contribution < 1.29 is 4.79 Å². The zero-order chi connectivity index (χ0) is 10.0. The van der Waals surface area contributed by atoms with E-state index in [0.29, 0.717) is 5.69 Å². The minimum atomic E-state index is -0.323. The maximum absolute atomic E-state index is 11.3. The second kappa shape index (κ2) is 3.85. The Morgan fingerprint density at radius 2 is 2.00 bits per heavy atom. The third kappa shape index (κ3) is 1.87. The molecule has 0 aliphatic heterocycles. The molecule has 5 heteroatoms. The summed E-state index contributed by atoms with van der Waals surface area (Å²) in [5, 5.41) is 0.275. The van der Waals surface area contributed by atoms with Gasteiger partial charge in [0.05, 0.1) is 27.8 Å². The summed E-state index contributed by atoms with van der Waals surface area (Å²) in [6.45, 7) is 0. The van der Waals surface area contributed by atoms with E-state index in [-0.39, 0.29) is 27.9 Å². The Bertz CT molecular complexity index is 352. The molecule has 0 bridgehead atoms. The summed E-state index contributed by atoms with van der Waals surface area (Å²) in [5.41, 5.74) is 11.8. The van der Waals surface area contributed by atoms with E-state index < -0.39 is 0 Å². The maximum atomic E-state index is 11.3. The average molecular weight is 219 g/mol. The molecule has 0 spiro atoms. The van der Waals surface area contributed by atoms with Crippen LogP contribution in [0.3, 0.4) is 0 Å². The average Bonchev–Trinajstić information content (AvgIpc) is 2.12. The number of anilines is 2. The van der Waals surface area contributed by atoms with E-state index in [1.165, 1.54) is 6.07 Å². The van der Waals surface area contributed by atoms with Crippen LogP contribution >= 0.6 is 23.2 Å². The quantitative estimate of drug-likeness (QED) is 0.453.